The number of carbonyl (C=O) groups is 2. The Kier molecular flexibility index (Phi) is 4.46. The van der Waals surface area contributed by atoms with Crippen LogP contribution in [0.15, 0.2) is 22.7 Å². The van der Waals surface area contributed by atoms with Crippen molar-refractivity contribution in [2.75, 3.05) is 18.0 Å². The van der Waals surface area contributed by atoms with Crippen LogP contribution in [0.3, 0.4) is 0 Å². The van der Waals surface area contributed by atoms with Crippen LogP contribution in [0, 0.1) is 25.2 Å². The van der Waals surface area contributed by atoms with Gasteiger partial charge in [0.25, 0.3) is 0 Å². The van der Waals surface area contributed by atoms with Crippen LogP contribution in [0.1, 0.15) is 12.0 Å². The number of aryl methyl sites for hydroxylation is 1. The second-order valence-electron chi connectivity index (χ2n) is 4.76. The highest BCUT2D eigenvalue weighted by Gasteiger charge is 2.34. The average Bonchev–Trinajstić information content (AvgIpc) is 2.81. The smallest absolute Gasteiger partial charge is 0.227 e. The number of nitrogens with zero attached hydrogens (tertiary/aromatic N) is 1. The van der Waals surface area contributed by atoms with Crippen molar-refractivity contribution >= 4 is 33.4 Å². The maximum Gasteiger partial charge on any atom is 0.227 e. The lowest BCUT2D eigenvalue weighted by Crippen LogP contribution is -2.33. The van der Waals surface area contributed by atoms with Crippen molar-refractivity contribution in [1.82, 2.24) is 5.32 Å². The maximum atomic E-state index is 12.1. The first-order valence-corrected chi connectivity index (χ1v) is 7.10. The van der Waals surface area contributed by atoms with Gasteiger partial charge in [-0.3, -0.25) is 9.59 Å². The van der Waals surface area contributed by atoms with E-state index < -0.39 is 0 Å². The maximum absolute atomic E-state index is 12.1. The van der Waals surface area contributed by atoms with Gasteiger partial charge in [0.1, 0.15) is 0 Å². The molecule has 0 saturated carbocycles. The lowest BCUT2D eigenvalue weighted by Gasteiger charge is -2.17. The van der Waals surface area contributed by atoms with Crippen LogP contribution >= 0.6 is 15.9 Å². The highest BCUT2D eigenvalue weighted by atomic mass is 79.9. The van der Waals surface area contributed by atoms with Gasteiger partial charge in [0, 0.05) is 23.1 Å². The molecule has 104 valence electrons. The number of hydrogen-bond acceptors (Lipinski definition) is 2. The first kappa shape index (κ1) is 14.6. The molecule has 2 amide bonds. The molecule has 1 aliphatic rings. The number of amides is 2. The van der Waals surface area contributed by atoms with Gasteiger partial charge in [0.2, 0.25) is 11.8 Å². The average molecular weight is 335 g/mol. The number of benzene rings is 1. The molecule has 1 aromatic carbocycles. The van der Waals surface area contributed by atoms with Crippen molar-refractivity contribution in [2.45, 2.75) is 13.3 Å². The number of carbonyl (C=O) groups excluding carboxylic acids is 2. The van der Waals surface area contributed by atoms with E-state index in [-0.39, 0.29) is 30.7 Å². The fourth-order valence-electron chi connectivity index (χ4n) is 2.21. The number of halogens is 1. The van der Waals surface area contributed by atoms with Gasteiger partial charge in [-0.2, -0.15) is 0 Å². The Labute approximate surface area is 126 Å². The van der Waals surface area contributed by atoms with Gasteiger partial charge in [-0.15, -0.1) is 6.42 Å². The molecule has 1 heterocycles. The van der Waals surface area contributed by atoms with Crippen LogP contribution < -0.4 is 10.2 Å². The second kappa shape index (κ2) is 6.10. The quantitative estimate of drug-likeness (QED) is 0.858. The molecule has 0 radical (unpaired) electrons. The largest absolute Gasteiger partial charge is 0.345 e. The standard InChI is InChI=1S/C15H15BrN2O2/c1-3-6-17-15(20)11-8-14(19)18(9-11)12-4-5-13(16)10(2)7-12/h1,4-5,7,11H,6,8-9H2,2H3,(H,17,20)/t11-/m0/s1. The highest BCUT2D eigenvalue weighted by molar-refractivity contribution is 9.10. The highest BCUT2D eigenvalue weighted by Crippen LogP contribution is 2.28. The summed E-state index contributed by atoms with van der Waals surface area (Å²) in [4.78, 5) is 25.6. The summed E-state index contributed by atoms with van der Waals surface area (Å²) in [7, 11) is 0. The number of nitrogens with one attached hydrogen (secondary N) is 1. The third-order valence-electron chi connectivity index (χ3n) is 3.31. The third kappa shape index (κ3) is 3.02. The van der Waals surface area contributed by atoms with Gasteiger partial charge in [0.15, 0.2) is 0 Å². The van der Waals surface area contributed by atoms with Crippen molar-refractivity contribution < 1.29 is 9.59 Å². The summed E-state index contributed by atoms with van der Waals surface area (Å²) in [6, 6.07) is 5.71. The van der Waals surface area contributed by atoms with Crippen LogP contribution in [0.25, 0.3) is 0 Å². The molecule has 1 fully saturated rings. The zero-order chi connectivity index (χ0) is 14.7. The minimum atomic E-state index is -0.334. The number of rotatable bonds is 3. The Hall–Kier alpha value is -1.80. The van der Waals surface area contributed by atoms with Crippen molar-refractivity contribution in [3.8, 4) is 12.3 Å². The molecule has 1 atom stereocenters. The van der Waals surface area contributed by atoms with Gasteiger partial charge in [-0.1, -0.05) is 21.9 Å². The Morgan fingerprint density at radius 1 is 1.60 bits per heavy atom. The van der Waals surface area contributed by atoms with E-state index >= 15 is 0 Å². The molecule has 1 saturated heterocycles. The Morgan fingerprint density at radius 2 is 2.35 bits per heavy atom. The molecule has 4 nitrogen and oxygen atoms in total. The first-order valence-electron chi connectivity index (χ1n) is 6.30. The van der Waals surface area contributed by atoms with E-state index in [1.165, 1.54) is 0 Å². The molecule has 2 rings (SSSR count). The molecular weight excluding hydrogens is 320 g/mol. The molecule has 1 aromatic rings. The number of hydrogen-bond donors (Lipinski definition) is 1. The van der Waals surface area contributed by atoms with E-state index in [0.717, 1.165) is 15.7 Å². The first-order chi connectivity index (χ1) is 9.52. The second-order valence-corrected chi connectivity index (χ2v) is 5.62. The number of anilines is 1. The van der Waals surface area contributed by atoms with Gasteiger partial charge in [-0.25, -0.2) is 0 Å². The van der Waals surface area contributed by atoms with E-state index in [0.29, 0.717) is 6.54 Å². The Morgan fingerprint density at radius 3 is 3.00 bits per heavy atom. The molecule has 1 N–H and O–H groups in total. The van der Waals surface area contributed by atoms with Crippen LogP contribution in [0.5, 0.6) is 0 Å². The predicted molar refractivity (Wildman–Crippen MR) is 81.2 cm³/mol. The number of terminal acetylenes is 1. The van der Waals surface area contributed by atoms with E-state index in [4.69, 9.17) is 6.42 Å². The molecule has 5 heteroatoms. The van der Waals surface area contributed by atoms with Gasteiger partial charge < -0.3 is 10.2 Å². The molecule has 0 unspecified atom stereocenters. The van der Waals surface area contributed by atoms with Crippen molar-refractivity contribution in [3.05, 3.63) is 28.2 Å². The molecular formula is C15H15BrN2O2. The lowest BCUT2D eigenvalue weighted by molar-refractivity contribution is -0.126. The summed E-state index contributed by atoms with van der Waals surface area (Å²) in [6.07, 6.45) is 5.33. The summed E-state index contributed by atoms with van der Waals surface area (Å²) < 4.78 is 0.996. The molecule has 0 aliphatic carbocycles. The minimum absolute atomic E-state index is 0.0346. The fraction of sp³-hybridized carbons (Fsp3) is 0.333. The van der Waals surface area contributed by atoms with Crippen molar-refractivity contribution in [3.63, 3.8) is 0 Å². The summed E-state index contributed by atoms with van der Waals surface area (Å²) in [6.45, 7) is 2.56. The van der Waals surface area contributed by atoms with Crippen molar-refractivity contribution in [1.29, 1.82) is 0 Å². The summed E-state index contributed by atoms with van der Waals surface area (Å²) in [5.41, 5.74) is 1.87. The lowest BCUT2D eigenvalue weighted by atomic mass is 10.1. The molecule has 0 bridgehead atoms. The van der Waals surface area contributed by atoms with Crippen LogP contribution in [-0.2, 0) is 9.59 Å². The van der Waals surface area contributed by atoms with Crippen LogP contribution in [0.2, 0.25) is 0 Å². The third-order valence-corrected chi connectivity index (χ3v) is 4.20. The topological polar surface area (TPSA) is 49.4 Å². The Balaban J connectivity index is 2.11. The van der Waals surface area contributed by atoms with E-state index in [2.05, 4.69) is 27.2 Å². The summed E-state index contributed by atoms with van der Waals surface area (Å²) >= 11 is 3.43. The molecule has 1 aliphatic heterocycles. The summed E-state index contributed by atoms with van der Waals surface area (Å²) in [5.74, 6) is 1.83. The van der Waals surface area contributed by atoms with Gasteiger partial charge in [0.05, 0.1) is 12.5 Å². The van der Waals surface area contributed by atoms with E-state index in [9.17, 15) is 9.59 Å². The fourth-order valence-corrected chi connectivity index (χ4v) is 2.46. The monoisotopic (exact) mass is 334 g/mol. The van der Waals surface area contributed by atoms with Gasteiger partial charge in [-0.05, 0) is 30.7 Å². The molecule has 0 aromatic heterocycles. The SMILES string of the molecule is C#CCNC(=O)[C@H]1CC(=O)N(c2ccc(Br)c(C)c2)C1. The summed E-state index contributed by atoms with van der Waals surface area (Å²) in [5, 5.41) is 2.63. The predicted octanol–water partition coefficient (Wildman–Crippen LogP) is 1.86. The zero-order valence-electron chi connectivity index (χ0n) is 11.1. The van der Waals surface area contributed by atoms with E-state index in [1.807, 2.05) is 25.1 Å². The van der Waals surface area contributed by atoms with E-state index in [1.54, 1.807) is 4.90 Å². The molecule has 20 heavy (non-hydrogen) atoms. The minimum Gasteiger partial charge on any atom is -0.345 e. The zero-order valence-corrected chi connectivity index (χ0v) is 12.7. The molecule has 0 spiro atoms. The normalized spacial score (nSPS) is 17.9. The van der Waals surface area contributed by atoms with Crippen LogP contribution in [0.4, 0.5) is 5.69 Å². The van der Waals surface area contributed by atoms with Crippen molar-refractivity contribution in [2.24, 2.45) is 5.92 Å². The Bertz CT molecular complexity index is 592. The van der Waals surface area contributed by atoms with Crippen LogP contribution in [-0.4, -0.2) is 24.9 Å². The van der Waals surface area contributed by atoms with Gasteiger partial charge >= 0.3 is 0 Å².